The number of hydrogen-bond donors (Lipinski definition) is 1. The van der Waals surface area contributed by atoms with Gasteiger partial charge in [-0.3, -0.25) is 19.4 Å². The second-order valence-electron chi connectivity index (χ2n) is 5.88. The second kappa shape index (κ2) is 7.75. The third kappa shape index (κ3) is 3.87. The van der Waals surface area contributed by atoms with Gasteiger partial charge < -0.3 is 5.32 Å². The molecule has 0 saturated carbocycles. The quantitative estimate of drug-likeness (QED) is 0.603. The number of carbonyl (C=O) groups excluding carboxylic acids is 2. The van der Waals surface area contributed by atoms with Crippen molar-refractivity contribution < 1.29 is 9.59 Å². The van der Waals surface area contributed by atoms with Gasteiger partial charge in [-0.25, -0.2) is 4.98 Å². The molecule has 0 atom stereocenters. The van der Waals surface area contributed by atoms with E-state index in [1.165, 1.54) is 23.2 Å². The Bertz CT molecular complexity index is 970. The Balaban J connectivity index is 1.89. The summed E-state index contributed by atoms with van der Waals surface area (Å²) < 4.78 is 0. The first kappa shape index (κ1) is 19.5. The summed E-state index contributed by atoms with van der Waals surface area (Å²) >= 11 is 12.7. The molecule has 2 aromatic rings. The Morgan fingerprint density at radius 1 is 1.48 bits per heavy atom. The number of aryl methyl sites for hydroxylation is 1. The number of thiazole rings is 1. The Labute approximate surface area is 171 Å². The summed E-state index contributed by atoms with van der Waals surface area (Å²) in [4.78, 5) is 31.9. The van der Waals surface area contributed by atoms with Crippen LogP contribution in [0.25, 0.3) is 6.08 Å². The minimum absolute atomic E-state index is 0.0771. The van der Waals surface area contributed by atoms with Crippen LogP contribution in [-0.2, 0) is 9.59 Å². The molecule has 6 nitrogen and oxygen atoms in total. The van der Waals surface area contributed by atoms with Gasteiger partial charge in [-0.2, -0.15) is 0 Å². The van der Waals surface area contributed by atoms with Crippen molar-refractivity contribution in [1.82, 2.24) is 10.3 Å². The number of halogens is 1. The zero-order valence-corrected chi connectivity index (χ0v) is 17.3. The minimum Gasteiger partial charge on any atom is -0.327 e. The summed E-state index contributed by atoms with van der Waals surface area (Å²) in [5.41, 5.74) is 2.44. The lowest BCUT2D eigenvalue weighted by atomic mass is 10.2. The summed E-state index contributed by atoms with van der Waals surface area (Å²) in [5.74, 6) is -0.342. The number of rotatable bonds is 4. The van der Waals surface area contributed by atoms with Gasteiger partial charge in [0.15, 0.2) is 10.2 Å². The van der Waals surface area contributed by atoms with Gasteiger partial charge in [0.25, 0.3) is 5.91 Å². The zero-order chi connectivity index (χ0) is 19.7. The predicted octanol–water partition coefficient (Wildman–Crippen LogP) is 3.74. The third-order valence-electron chi connectivity index (χ3n) is 4.01. The summed E-state index contributed by atoms with van der Waals surface area (Å²) in [6.07, 6.45) is 1.63. The SMILES string of the molecule is CCN(C(C)=O)c1nc(/C=C2\NC(=S)N(c3ccc(Cl)cc3C)C2=O)cs1. The van der Waals surface area contributed by atoms with E-state index in [0.717, 1.165) is 5.56 Å². The number of thiocarbonyl (C=S) groups is 1. The number of hydrogen-bond acceptors (Lipinski definition) is 5. The first-order valence-corrected chi connectivity index (χ1v) is 9.85. The molecule has 0 spiro atoms. The van der Waals surface area contributed by atoms with Crippen molar-refractivity contribution in [2.24, 2.45) is 0 Å². The van der Waals surface area contributed by atoms with Crippen LogP contribution < -0.4 is 15.1 Å². The summed E-state index contributed by atoms with van der Waals surface area (Å²) in [6, 6.07) is 5.26. The van der Waals surface area contributed by atoms with Crippen molar-refractivity contribution >= 4 is 69.0 Å². The van der Waals surface area contributed by atoms with E-state index in [-0.39, 0.29) is 11.8 Å². The van der Waals surface area contributed by atoms with Gasteiger partial charge in [0.2, 0.25) is 5.91 Å². The van der Waals surface area contributed by atoms with Gasteiger partial charge in [0, 0.05) is 23.9 Å². The Hall–Kier alpha value is -2.29. The van der Waals surface area contributed by atoms with Crippen LogP contribution in [0.15, 0.2) is 29.3 Å². The van der Waals surface area contributed by atoms with E-state index in [9.17, 15) is 9.59 Å². The van der Waals surface area contributed by atoms with E-state index in [1.54, 1.807) is 34.6 Å². The molecule has 9 heteroatoms. The molecule has 0 aliphatic carbocycles. The summed E-state index contributed by atoms with van der Waals surface area (Å²) in [6.45, 7) is 5.78. The van der Waals surface area contributed by atoms with E-state index in [1.807, 2.05) is 13.8 Å². The fourth-order valence-corrected chi connectivity index (χ4v) is 4.14. The molecular weight excluding hydrogens is 404 g/mol. The van der Waals surface area contributed by atoms with Gasteiger partial charge in [0.05, 0.1) is 11.4 Å². The van der Waals surface area contributed by atoms with Crippen LogP contribution in [0.1, 0.15) is 25.1 Å². The molecule has 0 unspecified atom stereocenters. The van der Waals surface area contributed by atoms with Gasteiger partial charge in [0.1, 0.15) is 5.70 Å². The standard InChI is InChI=1S/C18H17ClN4O2S2/c1-4-22(11(3)24)18-20-13(9-27-18)8-14-16(25)23(17(26)21-14)15-6-5-12(19)7-10(15)2/h5-9H,4H2,1-3H3,(H,21,26)/b14-8-. The van der Waals surface area contributed by atoms with Gasteiger partial charge in [-0.05, 0) is 55.9 Å². The number of amides is 2. The number of aromatic nitrogens is 1. The molecular formula is C18H17ClN4O2S2. The molecule has 2 amide bonds. The van der Waals surface area contributed by atoms with E-state index >= 15 is 0 Å². The maximum absolute atomic E-state index is 12.8. The highest BCUT2D eigenvalue weighted by Gasteiger charge is 2.33. The topological polar surface area (TPSA) is 65.5 Å². The fraction of sp³-hybridized carbons (Fsp3) is 0.222. The van der Waals surface area contributed by atoms with Crippen LogP contribution in [0.4, 0.5) is 10.8 Å². The van der Waals surface area contributed by atoms with Crippen LogP contribution in [0.5, 0.6) is 0 Å². The van der Waals surface area contributed by atoms with Crippen molar-refractivity contribution in [3.63, 3.8) is 0 Å². The number of nitrogens with zero attached hydrogens (tertiary/aromatic N) is 3. The number of nitrogens with one attached hydrogen (secondary N) is 1. The summed E-state index contributed by atoms with van der Waals surface area (Å²) in [7, 11) is 0. The second-order valence-corrected chi connectivity index (χ2v) is 7.54. The van der Waals surface area contributed by atoms with E-state index < -0.39 is 0 Å². The minimum atomic E-state index is -0.265. The van der Waals surface area contributed by atoms with Gasteiger partial charge >= 0.3 is 0 Å². The summed E-state index contributed by atoms with van der Waals surface area (Å²) in [5, 5.41) is 6.22. The molecule has 3 rings (SSSR count). The highest BCUT2D eigenvalue weighted by Crippen LogP contribution is 2.28. The highest BCUT2D eigenvalue weighted by molar-refractivity contribution is 7.80. The normalized spacial score (nSPS) is 15.4. The first-order valence-electron chi connectivity index (χ1n) is 8.18. The molecule has 1 N–H and O–H groups in total. The van der Waals surface area contributed by atoms with E-state index in [0.29, 0.717) is 38.9 Å². The zero-order valence-electron chi connectivity index (χ0n) is 14.9. The van der Waals surface area contributed by atoms with Crippen molar-refractivity contribution in [3.8, 4) is 0 Å². The predicted molar refractivity (Wildman–Crippen MR) is 113 cm³/mol. The van der Waals surface area contributed by atoms with Crippen molar-refractivity contribution in [1.29, 1.82) is 0 Å². The molecule has 2 heterocycles. The highest BCUT2D eigenvalue weighted by atomic mass is 35.5. The van der Waals surface area contributed by atoms with Crippen molar-refractivity contribution in [2.45, 2.75) is 20.8 Å². The molecule has 0 bridgehead atoms. The van der Waals surface area contributed by atoms with Crippen LogP contribution in [0, 0.1) is 6.92 Å². The molecule has 140 valence electrons. The molecule has 1 aromatic heterocycles. The van der Waals surface area contributed by atoms with Crippen LogP contribution >= 0.6 is 35.2 Å². The van der Waals surface area contributed by atoms with Crippen LogP contribution in [0.3, 0.4) is 0 Å². The lowest BCUT2D eigenvalue weighted by molar-refractivity contribution is -0.116. The number of carbonyl (C=O) groups is 2. The van der Waals surface area contributed by atoms with E-state index in [2.05, 4.69) is 10.3 Å². The Kier molecular flexibility index (Phi) is 5.59. The Morgan fingerprint density at radius 3 is 2.85 bits per heavy atom. The first-order chi connectivity index (χ1) is 12.8. The average molecular weight is 421 g/mol. The maximum Gasteiger partial charge on any atom is 0.281 e. The van der Waals surface area contributed by atoms with Crippen LogP contribution in [-0.4, -0.2) is 28.5 Å². The van der Waals surface area contributed by atoms with Crippen LogP contribution in [0.2, 0.25) is 5.02 Å². The molecule has 1 fully saturated rings. The number of anilines is 2. The van der Waals surface area contributed by atoms with Gasteiger partial charge in [-0.15, -0.1) is 11.3 Å². The lowest BCUT2D eigenvalue weighted by Crippen LogP contribution is -2.30. The largest absolute Gasteiger partial charge is 0.327 e. The smallest absolute Gasteiger partial charge is 0.281 e. The lowest BCUT2D eigenvalue weighted by Gasteiger charge is -2.16. The fourth-order valence-electron chi connectivity index (χ4n) is 2.73. The number of benzene rings is 1. The Morgan fingerprint density at radius 2 is 2.22 bits per heavy atom. The average Bonchev–Trinajstić information content (AvgIpc) is 3.14. The van der Waals surface area contributed by atoms with Gasteiger partial charge in [-0.1, -0.05) is 11.6 Å². The molecule has 1 aromatic carbocycles. The molecule has 27 heavy (non-hydrogen) atoms. The molecule has 1 aliphatic heterocycles. The molecule has 1 aliphatic rings. The maximum atomic E-state index is 12.8. The molecule has 0 radical (unpaired) electrons. The van der Waals surface area contributed by atoms with E-state index in [4.69, 9.17) is 23.8 Å². The molecule has 1 saturated heterocycles. The van der Waals surface area contributed by atoms with Crippen molar-refractivity contribution in [2.75, 3.05) is 16.3 Å². The van der Waals surface area contributed by atoms with Crippen molar-refractivity contribution in [3.05, 3.63) is 45.6 Å². The monoisotopic (exact) mass is 420 g/mol. The third-order valence-corrected chi connectivity index (χ3v) is 5.41.